The van der Waals surface area contributed by atoms with E-state index in [2.05, 4.69) is 187 Å². The van der Waals surface area contributed by atoms with Crippen LogP contribution in [0.1, 0.15) is 25.0 Å². The third kappa shape index (κ3) is 3.80. The number of fused-ring (bicyclic) bond motifs is 13. The SMILES string of the molecule is CC1(C)c2ccccc2-c2ccc(N3B4c5c(cc(-c6ccccc6)cc5-n5c6sc7ccccc7c6c6cccc4c65)-c4cc5ccccc5cc43)cc21. The summed E-state index contributed by atoms with van der Waals surface area (Å²) in [5, 5.41) is 6.55. The molecule has 0 amide bonds. The second-order valence-electron chi connectivity index (χ2n) is 16.1. The van der Waals surface area contributed by atoms with Gasteiger partial charge < -0.3 is 9.38 Å². The van der Waals surface area contributed by atoms with E-state index < -0.39 is 0 Å². The Morgan fingerprint density at radius 3 is 2.16 bits per heavy atom. The highest BCUT2D eigenvalue weighted by atomic mass is 32.1. The molecule has 2 nitrogen and oxygen atoms in total. The number of para-hydroxylation sites is 1. The molecule has 0 radical (unpaired) electrons. The fraction of sp³-hybridized carbons (Fsp3) is 0.0588. The number of nitrogens with zero attached hydrogens (tertiary/aromatic N) is 2. The van der Waals surface area contributed by atoms with Gasteiger partial charge in [-0.25, -0.2) is 0 Å². The molecule has 0 saturated carbocycles. The average Bonchev–Trinajstić information content (AvgIpc) is 3.84. The van der Waals surface area contributed by atoms with Gasteiger partial charge in [0, 0.05) is 48.9 Å². The van der Waals surface area contributed by atoms with E-state index in [0.29, 0.717) is 0 Å². The highest BCUT2D eigenvalue weighted by molar-refractivity contribution is 7.26. The zero-order chi connectivity index (χ0) is 36.2. The lowest BCUT2D eigenvalue weighted by Gasteiger charge is -2.43. The highest BCUT2D eigenvalue weighted by Crippen LogP contribution is 2.52. The summed E-state index contributed by atoms with van der Waals surface area (Å²) in [5.41, 5.74) is 18.3. The molecule has 1 aliphatic carbocycles. The van der Waals surface area contributed by atoms with Crippen LogP contribution in [0.4, 0.5) is 11.4 Å². The summed E-state index contributed by atoms with van der Waals surface area (Å²) in [4.78, 5) is 4.01. The molecule has 4 heteroatoms. The third-order valence-corrected chi connectivity index (χ3v) is 14.1. The van der Waals surface area contributed by atoms with Crippen molar-refractivity contribution in [2.75, 3.05) is 4.81 Å². The molecule has 55 heavy (non-hydrogen) atoms. The highest BCUT2D eigenvalue weighted by Gasteiger charge is 2.45. The number of anilines is 2. The lowest BCUT2D eigenvalue weighted by molar-refractivity contribution is 0.660. The summed E-state index contributed by atoms with van der Waals surface area (Å²) in [6.45, 7) is 4.76. The van der Waals surface area contributed by atoms with Crippen LogP contribution in [0.25, 0.3) is 81.0 Å². The normalized spacial score (nSPS) is 14.4. The predicted octanol–water partition coefficient (Wildman–Crippen LogP) is 12.4. The smallest absolute Gasteiger partial charge is 0.333 e. The zero-order valence-electron chi connectivity index (χ0n) is 30.5. The van der Waals surface area contributed by atoms with Crippen LogP contribution < -0.4 is 15.7 Å². The first kappa shape index (κ1) is 30.0. The van der Waals surface area contributed by atoms with Crippen LogP contribution in [0, 0.1) is 0 Å². The molecule has 3 aliphatic rings. The van der Waals surface area contributed by atoms with Crippen molar-refractivity contribution in [2.45, 2.75) is 19.3 Å². The summed E-state index contributed by atoms with van der Waals surface area (Å²) in [6, 6.07) is 61.9. The van der Waals surface area contributed by atoms with Crippen molar-refractivity contribution in [1.82, 2.24) is 4.57 Å². The van der Waals surface area contributed by atoms with Crippen LogP contribution in [0.2, 0.25) is 0 Å². The molecule has 2 aliphatic heterocycles. The van der Waals surface area contributed by atoms with E-state index in [0.717, 1.165) is 0 Å². The van der Waals surface area contributed by atoms with Crippen LogP contribution in [0.15, 0.2) is 164 Å². The second-order valence-corrected chi connectivity index (χ2v) is 17.1. The largest absolute Gasteiger partial charge is 0.376 e. The minimum Gasteiger partial charge on any atom is -0.376 e. The van der Waals surface area contributed by atoms with E-state index in [1.54, 1.807) is 0 Å². The molecule has 0 atom stereocenters. The Kier molecular flexibility index (Phi) is 5.70. The quantitative estimate of drug-likeness (QED) is 0.162. The fourth-order valence-corrected chi connectivity index (χ4v) is 11.7. The van der Waals surface area contributed by atoms with Crippen molar-refractivity contribution >= 4 is 82.5 Å². The zero-order valence-corrected chi connectivity index (χ0v) is 31.3. The Morgan fingerprint density at radius 1 is 0.527 bits per heavy atom. The van der Waals surface area contributed by atoms with Crippen molar-refractivity contribution in [2.24, 2.45) is 0 Å². The molecule has 13 rings (SSSR count). The lowest BCUT2D eigenvalue weighted by atomic mass is 9.44. The van der Waals surface area contributed by atoms with Crippen LogP contribution in [0.3, 0.4) is 0 Å². The summed E-state index contributed by atoms with van der Waals surface area (Å²) in [6.07, 6.45) is 0. The maximum atomic E-state index is 2.69. The predicted molar refractivity (Wildman–Crippen MR) is 236 cm³/mol. The molecular formula is C51H33BN2S. The van der Waals surface area contributed by atoms with Crippen LogP contribution >= 0.6 is 11.3 Å². The molecule has 0 N–H and O–H groups in total. The molecular weight excluding hydrogens is 683 g/mol. The van der Waals surface area contributed by atoms with Crippen LogP contribution in [-0.2, 0) is 5.41 Å². The van der Waals surface area contributed by atoms with Gasteiger partial charge in [-0.3, -0.25) is 0 Å². The van der Waals surface area contributed by atoms with Gasteiger partial charge in [0.15, 0.2) is 0 Å². The number of benzene rings is 8. The number of thiophene rings is 1. The van der Waals surface area contributed by atoms with Gasteiger partial charge >= 0.3 is 6.85 Å². The lowest BCUT2D eigenvalue weighted by Crippen LogP contribution is -2.60. The van der Waals surface area contributed by atoms with E-state index in [-0.39, 0.29) is 12.3 Å². The molecule has 0 saturated heterocycles. The van der Waals surface area contributed by atoms with Crippen molar-refractivity contribution in [3.8, 4) is 39.1 Å². The van der Waals surface area contributed by atoms with Gasteiger partial charge in [0.1, 0.15) is 4.83 Å². The molecule has 10 aromatic rings. The Morgan fingerprint density at radius 2 is 1.27 bits per heavy atom. The summed E-state index contributed by atoms with van der Waals surface area (Å²) >= 11 is 1.92. The molecule has 0 fully saturated rings. The minimum atomic E-state index is -0.107. The van der Waals surface area contributed by atoms with Crippen molar-refractivity contribution in [1.29, 1.82) is 0 Å². The van der Waals surface area contributed by atoms with Gasteiger partial charge in [0.2, 0.25) is 0 Å². The molecule has 4 heterocycles. The number of hydrogen-bond donors (Lipinski definition) is 0. The van der Waals surface area contributed by atoms with Crippen LogP contribution in [0.5, 0.6) is 0 Å². The summed E-state index contributed by atoms with van der Waals surface area (Å²) in [7, 11) is 0. The van der Waals surface area contributed by atoms with E-state index >= 15 is 0 Å². The summed E-state index contributed by atoms with van der Waals surface area (Å²) < 4.78 is 3.96. The Balaban J connectivity index is 1.19. The fourth-order valence-electron chi connectivity index (χ4n) is 10.5. The number of aromatic nitrogens is 1. The van der Waals surface area contributed by atoms with E-state index in [1.165, 1.54) is 114 Å². The molecule has 0 bridgehead atoms. The van der Waals surface area contributed by atoms with E-state index in [1.807, 2.05) is 11.3 Å². The van der Waals surface area contributed by atoms with Gasteiger partial charge in [-0.1, -0.05) is 135 Å². The first-order valence-corrected chi connectivity index (χ1v) is 20.1. The van der Waals surface area contributed by atoms with Gasteiger partial charge in [-0.05, 0) is 103 Å². The third-order valence-electron chi connectivity index (χ3n) is 12.9. The number of rotatable bonds is 2. The molecule has 0 spiro atoms. The van der Waals surface area contributed by atoms with Crippen molar-refractivity contribution < 1.29 is 0 Å². The molecule has 0 unspecified atom stereocenters. The Hall–Kier alpha value is -6.36. The van der Waals surface area contributed by atoms with Crippen LogP contribution in [-0.4, -0.2) is 11.4 Å². The Bertz CT molecular complexity index is 3310. The maximum absolute atomic E-state index is 2.69. The van der Waals surface area contributed by atoms with Gasteiger partial charge in [0.05, 0.1) is 5.52 Å². The average molecular weight is 717 g/mol. The standard InChI is InChI=1S/C51H33BN2S/c1-51(2)41-20-10-8-17-35(41)36-24-23-34(29-42(36)51)54-44-27-32-16-7-6-15-31(32)25-39(44)40-26-33(30-13-4-3-5-14-30)28-45-48(40)52(54)43-21-12-19-38-47-37-18-9-11-22-46(37)55-50(47)53(45)49(38)43/h3-29H,1-2H3. The first-order chi connectivity index (χ1) is 27.0. The topological polar surface area (TPSA) is 8.17 Å². The number of hydrogen-bond acceptors (Lipinski definition) is 2. The first-order valence-electron chi connectivity index (χ1n) is 19.3. The van der Waals surface area contributed by atoms with Crippen molar-refractivity contribution in [3.63, 3.8) is 0 Å². The summed E-state index contributed by atoms with van der Waals surface area (Å²) in [5.74, 6) is 0. The van der Waals surface area contributed by atoms with Gasteiger partial charge in [-0.2, -0.15) is 0 Å². The molecule has 2 aromatic heterocycles. The Labute approximate surface area is 323 Å². The monoisotopic (exact) mass is 716 g/mol. The van der Waals surface area contributed by atoms with Gasteiger partial charge in [-0.15, -0.1) is 11.3 Å². The van der Waals surface area contributed by atoms with Gasteiger partial charge in [0.25, 0.3) is 0 Å². The van der Waals surface area contributed by atoms with E-state index in [9.17, 15) is 0 Å². The maximum Gasteiger partial charge on any atom is 0.333 e. The van der Waals surface area contributed by atoms with Crippen molar-refractivity contribution in [3.05, 3.63) is 175 Å². The van der Waals surface area contributed by atoms with E-state index in [4.69, 9.17) is 0 Å². The minimum absolute atomic E-state index is 0.0279. The molecule has 256 valence electrons. The second kappa shape index (κ2) is 10.4. The molecule has 8 aromatic carbocycles.